The first-order valence-electron chi connectivity index (χ1n) is 7.75. The van der Waals surface area contributed by atoms with Crippen LogP contribution in [0.3, 0.4) is 0 Å². The number of carboxylic acid groups (broad SMARTS) is 1. The molecule has 0 aliphatic carbocycles. The standard InChI is InChI=1S/C16H21N3O6S/c1-9-12-14(25-4)17-10(8-24-3)18-15(12)26-13(9)16(22)19(5-6-23-2)7-11(20)21/h5-8H2,1-4H3,(H,20,21). The van der Waals surface area contributed by atoms with Crippen LogP contribution in [0.5, 0.6) is 5.88 Å². The molecule has 2 aromatic rings. The van der Waals surface area contributed by atoms with Crippen LogP contribution in [0.1, 0.15) is 21.1 Å². The van der Waals surface area contributed by atoms with Crippen LogP contribution in [0, 0.1) is 6.92 Å². The van der Waals surface area contributed by atoms with E-state index in [4.69, 9.17) is 19.3 Å². The molecule has 9 nitrogen and oxygen atoms in total. The van der Waals surface area contributed by atoms with Crippen molar-refractivity contribution < 1.29 is 28.9 Å². The number of aryl methyl sites for hydroxylation is 1. The molecular weight excluding hydrogens is 362 g/mol. The number of hydrogen-bond acceptors (Lipinski definition) is 8. The van der Waals surface area contributed by atoms with Gasteiger partial charge in [0.1, 0.15) is 18.0 Å². The number of rotatable bonds is 9. The minimum absolute atomic E-state index is 0.174. The monoisotopic (exact) mass is 383 g/mol. The van der Waals surface area contributed by atoms with Gasteiger partial charge in [0.2, 0.25) is 5.88 Å². The van der Waals surface area contributed by atoms with Crippen molar-refractivity contribution in [1.82, 2.24) is 14.9 Å². The van der Waals surface area contributed by atoms with Gasteiger partial charge in [0.25, 0.3) is 5.91 Å². The molecule has 142 valence electrons. The zero-order chi connectivity index (χ0) is 19.3. The molecule has 0 atom stereocenters. The number of carboxylic acids is 1. The number of fused-ring (bicyclic) bond motifs is 1. The summed E-state index contributed by atoms with van der Waals surface area (Å²) in [6.07, 6.45) is 0. The molecule has 2 aromatic heterocycles. The quantitative estimate of drug-likeness (QED) is 0.690. The van der Waals surface area contributed by atoms with E-state index in [-0.39, 0.29) is 25.7 Å². The highest BCUT2D eigenvalue weighted by molar-refractivity contribution is 7.20. The van der Waals surface area contributed by atoms with Crippen LogP contribution in [0.25, 0.3) is 10.2 Å². The Labute approximate surface area is 154 Å². The van der Waals surface area contributed by atoms with Gasteiger partial charge in [-0.3, -0.25) is 9.59 Å². The van der Waals surface area contributed by atoms with Gasteiger partial charge < -0.3 is 24.2 Å². The number of aliphatic carboxylic acids is 1. The zero-order valence-corrected chi connectivity index (χ0v) is 15.9. The maximum atomic E-state index is 12.9. The molecule has 0 aromatic carbocycles. The highest BCUT2D eigenvalue weighted by Gasteiger charge is 2.25. The van der Waals surface area contributed by atoms with Crippen LogP contribution in [-0.4, -0.2) is 72.9 Å². The Bertz CT molecular complexity index is 807. The Kier molecular flexibility index (Phi) is 6.83. The van der Waals surface area contributed by atoms with E-state index in [1.54, 1.807) is 6.92 Å². The summed E-state index contributed by atoms with van der Waals surface area (Å²) in [4.78, 5) is 34.9. The fourth-order valence-corrected chi connectivity index (χ4v) is 3.61. The summed E-state index contributed by atoms with van der Waals surface area (Å²) >= 11 is 1.18. The van der Waals surface area contributed by atoms with Crippen molar-refractivity contribution in [2.24, 2.45) is 0 Å². The van der Waals surface area contributed by atoms with Gasteiger partial charge in [0.05, 0.1) is 24.0 Å². The maximum absolute atomic E-state index is 12.9. The van der Waals surface area contributed by atoms with Gasteiger partial charge in [-0.05, 0) is 12.5 Å². The van der Waals surface area contributed by atoms with Gasteiger partial charge >= 0.3 is 5.97 Å². The van der Waals surface area contributed by atoms with Crippen LogP contribution >= 0.6 is 11.3 Å². The van der Waals surface area contributed by atoms with Crippen molar-refractivity contribution in [1.29, 1.82) is 0 Å². The van der Waals surface area contributed by atoms with Gasteiger partial charge in [0, 0.05) is 20.8 Å². The summed E-state index contributed by atoms with van der Waals surface area (Å²) in [7, 11) is 4.52. The molecule has 26 heavy (non-hydrogen) atoms. The summed E-state index contributed by atoms with van der Waals surface area (Å²) in [5, 5.41) is 9.72. The molecule has 0 spiro atoms. The second-order valence-corrected chi connectivity index (χ2v) is 6.43. The minimum Gasteiger partial charge on any atom is -0.480 e. The number of ether oxygens (including phenoxy) is 3. The molecule has 0 saturated carbocycles. The summed E-state index contributed by atoms with van der Waals surface area (Å²) in [5.74, 6) is -0.677. The topological polar surface area (TPSA) is 111 Å². The molecule has 0 aliphatic heterocycles. The summed E-state index contributed by atoms with van der Waals surface area (Å²) in [6, 6.07) is 0. The van der Waals surface area contributed by atoms with Crippen molar-refractivity contribution in [3.63, 3.8) is 0 Å². The molecule has 0 aliphatic rings. The molecule has 2 rings (SSSR count). The lowest BCUT2D eigenvalue weighted by molar-refractivity contribution is -0.137. The third kappa shape index (κ3) is 4.26. The van der Waals surface area contributed by atoms with Crippen LogP contribution in [0.15, 0.2) is 0 Å². The number of carbonyl (C=O) groups is 2. The first kappa shape index (κ1) is 20.0. The zero-order valence-electron chi connectivity index (χ0n) is 15.1. The fraction of sp³-hybridized carbons (Fsp3) is 0.500. The number of methoxy groups -OCH3 is 3. The maximum Gasteiger partial charge on any atom is 0.323 e. The van der Waals surface area contributed by atoms with Gasteiger partial charge in [-0.15, -0.1) is 11.3 Å². The smallest absolute Gasteiger partial charge is 0.323 e. The lowest BCUT2D eigenvalue weighted by Gasteiger charge is -2.19. The molecule has 0 radical (unpaired) electrons. The number of aromatic nitrogens is 2. The molecular formula is C16H21N3O6S. The number of amides is 1. The van der Waals surface area contributed by atoms with Gasteiger partial charge in [-0.1, -0.05) is 0 Å². The lowest BCUT2D eigenvalue weighted by Crippen LogP contribution is -2.37. The molecule has 0 fully saturated rings. The van der Waals surface area contributed by atoms with Crippen molar-refractivity contribution >= 4 is 33.4 Å². The molecule has 1 amide bonds. The third-order valence-electron chi connectivity index (χ3n) is 3.64. The second kappa shape index (κ2) is 8.88. The average Bonchev–Trinajstić information content (AvgIpc) is 2.94. The summed E-state index contributed by atoms with van der Waals surface area (Å²) in [6.45, 7) is 1.99. The van der Waals surface area contributed by atoms with E-state index in [1.807, 2.05) is 0 Å². The minimum atomic E-state index is -1.09. The molecule has 0 unspecified atom stereocenters. The SMILES string of the molecule is COCCN(CC(=O)O)C(=O)c1sc2nc(COC)nc(OC)c2c1C. The van der Waals surface area contributed by atoms with Crippen molar-refractivity contribution in [2.45, 2.75) is 13.5 Å². The van der Waals surface area contributed by atoms with E-state index in [1.165, 1.54) is 37.6 Å². The first-order chi connectivity index (χ1) is 12.4. The van der Waals surface area contributed by atoms with E-state index in [9.17, 15) is 9.59 Å². The first-order valence-corrected chi connectivity index (χ1v) is 8.57. The Morgan fingerprint density at radius 2 is 1.92 bits per heavy atom. The van der Waals surface area contributed by atoms with Crippen molar-refractivity contribution in [2.75, 3.05) is 41.0 Å². The van der Waals surface area contributed by atoms with Crippen LogP contribution in [0.2, 0.25) is 0 Å². The van der Waals surface area contributed by atoms with E-state index >= 15 is 0 Å². The fourth-order valence-electron chi connectivity index (χ4n) is 2.45. The number of carbonyl (C=O) groups excluding carboxylic acids is 1. The van der Waals surface area contributed by atoms with E-state index in [2.05, 4.69) is 9.97 Å². The number of thiophene rings is 1. The van der Waals surface area contributed by atoms with Crippen LogP contribution < -0.4 is 4.74 Å². The average molecular weight is 383 g/mol. The normalized spacial score (nSPS) is 10.9. The third-order valence-corrected chi connectivity index (χ3v) is 4.82. The summed E-state index contributed by atoms with van der Waals surface area (Å²) in [5.41, 5.74) is 0.656. The summed E-state index contributed by atoms with van der Waals surface area (Å²) < 4.78 is 15.4. The van der Waals surface area contributed by atoms with Gasteiger partial charge in [-0.2, -0.15) is 4.98 Å². The number of hydrogen-bond donors (Lipinski definition) is 1. The highest BCUT2D eigenvalue weighted by atomic mass is 32.1. The molecule has 1 N–H and O–H groups in total. The Balaban J connectivity index is 2.48. The predicted octanol–water partition coefficient (Wildman–Crippen LogP) is 1.33. The van der Waals surface area contributed by atoms with E-state index < -0.39 is 12.5 Å². The Morgan fingerprint density at radius 1 is 1.19 bits per heavy atom. The Hall–Kier alpha value is -2.30. The number of nitrogens with zero attached hydrogens (tertiary/aromatic N) is 3. The molecule has 0 bridgehead atoms. The van der Waals surface area contributed by atoms with Gasteiger partial charge in [0.15, 0.2) is 5.82 Å². The second-order valence-electron chi connectivity index (χ2n) is 5.43. The van der Waals surface area contributed by atoms with E-state index in [0.29, 0.717) is 32.4 Å². The lowest BCUT2D eigenvalue weighted by atomic mass is 10.2. The van der Waals surface area contributed by atoms with Crippen LogP contribution in [0.4, 0.5) is 0 Å². The predicted molar refractivity (Wildman–Crippen MR) is 94.8 cm³/mol. The molecule has 2 heterocycles. The van der Waals surface area contributed by atoms with E-state index in [0.717, 1.165) is 0 Å². The highest BCUT2D eigenvalue weighted by Crippen LogP contribution is 2.35. The van der Waals surface area contributed by atoms with Crippen molar-refractivity contribution in [3.8, 4) is 5.88 Å². The largest absolute Gasteiger partial charge is 0.480 e. The van der Waals surface area contributed by atoms with Gasteiger partial charge in [-0.25, -0.2) is 4.98 Å². The molecule has 0 saturated heterocycles. The van der Waals surface area contributed by atoms with Crippen LogP contribution in [-0.2, 0) is 20.9 Å². The van der Waals surface area contributed by atoms with Crippen molar-refractivity contribution in [3.05, 3.63) is 16.3 Å². The Morgan fingerprint density at radius 3 is 2.50 bits per heavy atom. The molecule has 10 heteroatoms.